The first kappa shape index (κ1) is 11.8. The molecule has 1 unspecified atom stereocenters. The summed E-state index contributed by atoms with van der Waals surface area (Å²) >= 11 is 0. The molecule has 1 heterocycles. The van der Waals surface area contributed by atoms with Gasteiger partial charge in [0.25, 0.3) is 0 Å². The molecule has 3 heteroatoms. The molecule has 0 spiro atoms. The lowest BCUT2D eigenvalue weighted by atomic mass is 9.93. The monoisotopic (exact) mass is 205 g/mol. The van der Waals surface area contributed by atoms with Crippen molar-refractivity contribution in [1.82, 2.24) is 9.97 Å². The Balaban J connectivity index is 2.99. The Kier molecular flexibility index (Phi) is 3.18. The second-order valence-corrected chi connectivity index (χ2v) is 5.28. The van der Waals surface area contributed by atoms with E-state index in [0.29, 0.717) is 0 Å². The van der Waals surface area contributed by atoms with Crippen molar-refractivity contribution in [1.29, 1.82) is 5.26 Å². The summed E-state index contributed by atoms with van der Waals surface area (Å²) in [6.07, 6.45) is 1.84. The number of hydrogen-bond acceptors (Lipinski definition) is 2. The van der Waals surface area contributed by atoms with E-state index >= 15 is 0 Å². The van der Waals surface area contributed by atoms with Crippen LogP contribution < -0.4 is 0 Å². The Bertz CT molecular complexity index is 363. The summed E-state index contributed by atoms with van der Waals surface area (Å²) < 4.78 is 0. The summed E-state index contributed by atoms with van der Waals surface area (Å²) in [7, 11) is 0. The topological polar surface area (TPSA) is 52.5 Å². The van der Waals surface area contributed by atoms with Gasteiger partial charge in [-0.25, -0.2) is 4.98 Å². The van der Waals surface area contributed by atoms with E-state index in [4.69, 9.17) is 5.26 Å². The van der Waals surface area contributed by atoms with E-state index in [1.807, 2.05) is 20.0 Å². The summed E-state index contributed by atoms with van der Waals surface area (Å²) in [5.74, 6) is 0.937. The molecule has 0 aliphatic rings. The van der Waals surface area contributed by atoms with Crippen molar-refractivity contribution >= 4 is 0 Å². The Morgan fingerprint density at radius 1 is 1.40 bits per heavy atom. The molecule has 82 valence electrons. The van der Waals surface area contributed by atoms with Gasteiger partial charge >= 0.3 is 0 Å². The smallest absolute Gasteiger partial charge is 0.123 e. The lowest BCUT2D eigenvalue weighted by Gasteiger charge is -2.16. The minimum Gasteiger partial charge on any atom is -0.344 e. The fourth-order valence-corrected chi connectivity index (χ4v) is 1.40. The number of aromatic amines is 1. The van der Waals surface area contributed by atoms with Gasteiger partial charge in [-0.15, -0.1) is 0 Å². The van der Waals surface area contributed by atoms with E-state index in [1.54, 1.807) is 0 Å². The molecule has 0 radical (unpaired) electrons. The maximum absolute atomic E-state index is 9.05. The molecule has 0 saturated heterocycles. The van der Waals surface area contributed by atoms with Gasteiger partial charge in [-0.1, -0.05) is 34.6 Å². The van der Waals surface area contributed by atoms with Crippen molar-refractivity contribution in [3.8, 4) is 6.07 Å². The molecule has 1 N–H and O–H groups in total. The van der Waals surface area contributed by atoms with Gasteiger partial charge in [0.1, 0.15) is 11.7 Å². The van der Waals surface area contributed by atoms with Gasteiger partial charge in [-0.2, -0.15) is 5.26 Å². The summed E-state index contributed by atoms with van der Waals surface area (Å²) in [6.45, 7) is 10.4. The number of nitriles is 1. The lowest BCUT2D eigenvalue weighted by Crippen LogP contribution is -2.12. The Hall–Kier alpha value is -1.30. The summed E-state index contributed by atoms with van der Waals surface area (Å²) in [4.78, 5) is 7.55. The maximum atomic E-state index is 9.05. The van der Waals surface area contributed by atoms with Gasteiger partial charge in [0, 0.05) is 17.3 Å². The van der Waals surface area contributed by atoms with Gasteiger partial charge < -0.3 is 4.98 Å². The quantitative estimate of drug-likeness (QED) is 0.807. The average molecular weight is 205 g/mol. The van der Waals surface area contributed by atoms with E-state index in [-0.39, 0.29) is 17.3 Å². The third-order valence-electron chi connectivity index (χ3n) is 2.50. The van der Waals surface area contributed by atoms with Crippen LogP contribution in [0.1, 0.15) is 52.1 Å². The molecule has 0 fully saturated rings. The average Bonchev–Trinajstić information content (AvgIpc) is 2.52. The second-order valence-electron chi connectivity index (χ2n) is 5.28. The molecule has 1 aromatic heterocycles. The predicted octanol–water partition coefficient (Wildman–Crippen LogP) is 2.97. The zero-order valence-corrected chi connectivity index (χ0v) is 10.1. The molecule has 0 aliphatic heterocycles. The van der Waals surface area contributed by atoms with Crippen molar-refractivity contribution < 1.29 is 0 Å². The molecule has 1 rings (SSSR count). The van der Waals surface area contributed by atoms with E-state index < -0.39 is 0 Å². The van der Waals surface area contributed by atoms with Crippen LogP contribution >= 0.6 is 0 Å². The number of aromatic nitrogens is 2. The van der Waals surface area contributed by atoms with Gasteiger partial charge in [0.2, 0.25) is 0 Å². The van der Waals surface area contributed by atoms with Crippen LogP contribution in [0.2, 0.25) is 0 Å². The Morgan fingerprint density at radius 2 is 2.00 bits per heavy atom. The fraction of sp³-hybridized carbons (Fsp3) is 0.667. The molecule has 0 amide bonds. The maximum Gasteiger partial charge on any atom is 0.123 e. The lowest BCUT2D eigenvalue weighted by molar-refractivity contribution is 0.548. The number of nitrogens with one attached hydrogen (secondary N) is 1. The van der Waals surface area contributed by atoms with E-state index in [2.05, 4.69) is 36.8 Å². The zero-order chi connectivity index (χ0) is 11.6. The highest BCUT2D eigenvalue weighted by molar-refractivity contribution is 5.17. The number of imidazole rings is 1. The molecule has 0 aromatic carbocycles. The van der Waals surface area contributed by atoms with Crippen LogP contribution in [-0.2, 0) is 5.41 Å². The molecule has 0 bridgehead atoms. The molecular weight excluding hydrogens is 186 g/mol. The van der Waals surface area contributed by atoms with Crippen molar-refractivity contribution in [2.75, 3.05) is 0 Å². The first-order valence-corrected chi connectivity index (χ1v) is 5.31. The third-order valence-corrected chi connectivity index (χ3v) is 2.50. The summed E-state index contributed by atoms with van der Waals surface area (Å²) in [6, 6.07) is 2.29. The minimum atomic E-state index is -0.138. The van der Waals surface area contributed by atoms with Gasteiger partial charge in [0.15, 0.2) is 0 Å². The van der Waals surface area contributed by atoms with Crippen LogP contribution in [0, 0.1) is 17.2 Å². The van der Waals surface area contributed by atoms with Crippen LogP contribution in [0.25, 0.3) is 0 Å². The van der Waals surface area contributed by atoms with Crippen LogP contribution in [0.4, 0.5) is 0 Å². The number of H-pyrrole nitrogens is 1. The van der Waals surface area contributed by atoms with Crippen LogP contribution in [0.15, 0.2) is 6.20 Å². The van der Waals surface area contributed by atoms with Crippen LogP contribution in [-0.4, -0.2) is 9.97 Å². The highest BCUT2D eigenvalue weighted by Crippen LogP contribution is 2.25. The second kappa shape index (κ2) is 4.06. The van der Waals surface area contributed by atoms with Crippen molar-refractivity contribution in [2.45, 2.75) is 46.0 Å². The number of nitrogens with zero attached hydrogens (tertiary/aromatic N) is 2. The molecule has 0 aliphatic carbocycles. The molecule has 1 aromatic rings. The SMILES string of the molecule is CC(C)C(C#N)c1ncc(C(C)(C)C)[nH]1. The summed E-state index contributed by atoms with van der Waals surface area (Å²) in [5, 5.41) is 9.05. The number of hydrogen-bond donors (Lipinski definition) is 1. The Labute approximate surface area is 91.5 Å². The number of rotatable bonds is 2. The zero-order valence-electron chi connectivity index (χ0n) is 10.1. The fourth-order valence-electron chi connectivity index (χ4n) is 1.40. The Morgan fingerprint density at radius 3 is 2.33 bits per heavy atom. The van der Waals surface area contributed by atoms with E-state index in [9.17, 15) is 0 Å². The standard InChI is InChI=1S/C12H19N3/c1-8(2)9(6-13)11-14-7-10(15-11)12(3,4)5/h7-9H,1-5H3,(H,14,15). The third kappa shape index (κ3) is 2.59. The van der Waals surface area contributed by atoms with E-state index in [0.717, 1.165) is 11.5 Å². The first-order chi connectivity index (χ1) is 6.86. The molecule has 1 atom stereocenters. The largest absolute Gasteiger partial charge is 0.344 e. The normalized spacial score (nSPS) is 13.9. The van der Waals surface area contributed by atoms with Gasteiger partial charge in [-0.05, 0) is 5.92 Å². The van der Waals surface area contributed by atoms with Crippen molar-refractivity contribution in [3.63, 3.8) is 0 Å². The van der Waals surface area contributed by atoms with Crippen LogP contribution in [0.3, 0.4) is 0 Å². The van der Waals surface area contributed by atoms with Crippen LogP contribution in [0.5, 0.6) is 0 Å². The van der Waals surface area contributed by atoms with E-state index in [1.165, 1.54) is 0 Å². The van der Waals surface area contributed by atoms with Gasteiger partial charge in [0.05, 0.1) is 6.07 Å². The first-order valence-electron chi connectivity index (χ1n) is 5.31. The predicted molar refractivity (Wildman–Crippen MR) is 60.5 cm³/mol. The van der Waals surface area contributed by atoms with Crippen molar-refractivity contribution in [3.05, 3.63) is 17.7 Å². The summed E-state index contributed by atoms with van der Waals surface area (Å²) in [5.41, 5.74) is 1.14. The molecule has 3 nitrogen and oxygen atoms in total. The minimum absolute atomic E-state index is 0.0578. The van der Waals surface area contributed by atoms with Crippen molar-refractivity contribution in [2.24, 2.45) is 5.92 Å². The highest BCUT2D eigenvalue weighted by Gasteiger charge is 2.22. The highest BCUT2D eigenvalue weighted by atomic mass is 14.9. The molecule has 0 saturated carbocycles. The molecule has 15 heavy (non-hydrogen) atoms. The molecular formula is C12H19N3. The van der Waals surface area contributed by atoms with Gasteiger partial charge in [-0.3, -0.25) is 0 Å².